The van der Waals surface area contributed by atoms with E-state index in [1.807, 2.05) is 12.1 Å². The molecule has 0 radical (unpaired) electrons. The Morgan fingerprint density at radius 3 is 2.85 bits per heavy atom. The van der Waals surface area contributed by atoms with Gasteiger partial charge < -0.3 is 10.0 Å². The minimum Gasteiger partial charge on any atom is -0.478 e. The number of amides is 1. The van der Waals surface area contributed by atoms with E-state index in [0.29, 0.717) is 18.7 Å². The van der Waals surface area contributed by atoms with Crippen LogP contribution in [0.1, 0.15) is 31.8 Å². The van der Waals surface area contributed by atoms with E-state index >= 15 is 0 Å². The van der Waals surface area contributed by atoms with Gasteiger partial charge in [0.05, 0.1) is 11.1 Å². The molecule has 100 valence electrons. The van der Waals surface area contributed by atoms with E-state index < -0.39 is 5.97 Å². The van der Waals surface area contributed by atoms with Crippen molar-refractivity contribution in [3.05, 3.63) is 65.0 Å². The summed E-state index contributed by atoms with van der Waals surface area (Å²) < 4.78 is 0. The molecule has 0 spiro atoms. The van der Waals surface area contributed by atoms with Gasteiger partial charge in [0.1, 0.15) is 0 Å². The fourth-order valence-corrected chi connectivity index (χ4v) is 2.44. The summed E-state index contributed by atoms with van der Waals surface area (Å²) in [4.78, 5) is 29.2. The van der Waals surface area contributed by atoms with Crippen LogP contribution in [0.25, 0.3) is 0 Å². The molecule has 1 aliphatic rings. The second kappa shape index (κ2) is 4.77. The number of aromatic carboxylic acids is 1. The number of nitrogens with zero attached hydrogens (tertiary/aromatic N) is 2. The van der Waals surface area contributed by atoms with Gasteiger partial charge in [-0.05, 0) is 23.3 Å². The third-order valence-electron chi connectivity index (χ3n) is 3.34. The van der Waals surface area contributed by atoms with Crippen LogP contribution < -0.4 is 0 Å². The van der Waals surface area contributed by atoms with Gasteiger partial charge in [0.2, 0.25) is 0 Å². The molecule has 1 N–H and O–H groups in total. The first-order valence-corrected chi connectivity index (χ1v) is 6.20. The first-order chi connectivity index (χ1) is 9.66. The number of carboxylic acids is 1. The van der Waals surface area contributed by atoms with E-state index in [0.717, 1.165) is 11.1 Å². The monoisotopic (exact) mass is 268 g/mol. The maximum absolute atomic E-state index is 12.4. The summed E-state index contributed by atoms with van der Waals surface area (Å²) in [6, 6.07) is 8.63. The zero-order chi connectivity index (χ0) is 14.1. The molecule has 0 fully saturated rings. The standard InChI is InChI=1S/C15H12N2O3/c18-14-13-11(4-1-5-12(13)15(19)20)9-17(14)8-10-3-2-6-16-7-10/h1-7H,8-9H2,(H,19,20). The maximum Gasteiger partial charge on any atom is 0.336 e. The minimum absolute atomic E-state index is 0.0705. The molecule has 20 heavy (non-hydrogen) atoms. The molecule has 0 unspecified atom stereocenters. The van der Waals surface area contributed by atoms with E-state index in [1.54, 1.807) is 29.4 Å². The van der Waals surface area contributed by atoms with E-state index in [1.165, 1.54) is 6.07 Å². The van der Waals surface area contributed by atoms with Gasteiger partial charge in [-0.3, -0.25) is 9.78 Å². The maximum atomic E-state index is 12.4. The van der Waals surface area contributed by atoms with Crippen LogP contribution in [0.2, 0.25) is 0 Å². The van der Waals surface area contributed by atoms with Crippen molar-refractivity contribution in [2.45, 2.75) is 13.1 Å². The largest absolute Gasteiger partial charge is 0.478 e. The van der Waals surface area contributed by atoms with E-state index in [2.05, 4.69) is 4.98 Å². The first kappa shape index (κ1) is 12.3. The minimum atomic E-state index is -1.07. The normalized spacial score (nSPS) is 13.4. The zero-order valence-electron chi connectivity index (χ0n) is 10.6. The third-order valence-corrected chi connectivity index (χ3v) is 3.34. The Kier molecular flexibility index (Phi) is 2.95. The topological polar surface area (TPSA) is 70.5 Å². The lowest BCUT2D eigenvalue weighted by molar-refractivity contribution is 0.0681. The van der Waals surface area contributed by atoms with Crippen LogP contribution in [-0.4, -0.2) is 26.9 Å². The molecule has 1 aromatic heterocycles. The number of pyridine rings is 1. The third kappa shape index (κ3) is 2.03. The summed E-state index contributed by atoms with van der Waals surface area (Å²) >= 11 is 0. The Hall–Kier alpha value is -2.69. The van der Waals surface area contributed by atoms with Crippen molar-refractivity contribution < 1.29 is 14.7 Å². The van der Waals surface area contributed by atoms with Crippen LogP contribution in [0.3, 0.4) is 0 Å². The van der Waals surface area contributed by atoms with Crippen LogP contribution in [-0.2, 0) is 13.1 Å². The summed E-state index contributed by atoms with van der Waals surface area (Å²) in [6.45, 7) is 0.866. The van der Waals surface area contributed by atoms with Crippen molar-refractivity contribution in [2.24, 2.45) is 0 Å². The molecule has 0 aliphatic carbocycles. The summed E-state index contributed by atoms with van der Waals surface area (Å²) in [5.74, 6) is -1.31. The van der Waals surface area contributed by atoms with Gasteiger partial charge in [-0.15, -0.1) is 0 Å². The SMILES string of the molecule is O=C(O)c1cccc2c1C(=O)N(Cc1cccnc1)C2. The highest BCUT2D eigenvalue weighted by Gasteiger charge is 2.31. The van der Waals surface area contributed by atoms with Crippen LogP contribution in [0.5, 0.6) is 0 Å². The van der Waals surface area contributed by atoms with Crippen molar-refractivity contribution in [2.75, 3.05) is 0 Å². The van der Waals surface area contributed by atoms with Gasteiger partial charge in [0.25, 0.3) is 5.91 Å². The van der Waals surface area contributed by atoms with Crippen molar-refractivity contribution in [3.63, 3.8) is 0 Å². The number of hydrogen-bond acceptors (Lipinski definition) is 3. The molecule has 5 heteroatoms. The predicted molar refractivity (Wildman–Crippen MR) is 71.2 cm³/mol. The van der Waals surface area contributed by atoms with Gasteiger partial charge in [-0.25, -0.2) is 4.79 Å². The highest BCUT2D eigenvalue weighted by molar-refractivity contribution is 6.07. The second-order valence-corrected chi connectivity index (χ2v) is 4.67. The predicted octanol–water partition coefficient (Wildman–Crippen LogP) is 1.94. The van der Waals surface area contributed by atoms with E-state index in [9.17, 15) is 9.59 Å². The molecular weight excluding hydrogens is 256 g/mol. The number of aromatic nitrogens is 1. The van der Waals surface area contributed by atoms with Gasteiger partial charge in [0.15, 0.2) is 0 Å². The molecule has 5 nitrogen and oxygen atoms in total. The van der Waals surface area contributed by atoms with Crippen LogP contribution >= 0.6 is 0 Å². The Bertz CT molecular complexity index is 683. The molecule has 0 bridgehead atoms. The van der Waals surface area contributed by atoms with Gasteiger partial charge in [-0.2, -0.15) is 0 Å². The summed E-state index contributed by atoms with van der Waals surface area (Å²) in [7, 11) is 0. The number of hydrogen-bond donors (Lipinski definition) is 1. The van der Waals surface area contributed by atoms with Gasteiger partial charge in [0, 0.05) is 25.5 Å². The van der Waals surface area contributed by atoms with Crippen LogP contribution in [0, 0.1) is 0 Å². The highest BCUT2D eigenvalue weighted by atomic mass is 16.4. The van der Waals surface area contributed by atoms with Crippen molar-refractivity contribution in [1.29, 1.82) is 0 Å². The number of rotatable bonds is 3. The van der Waals surface area contributed by atoms with Gasteiger partial charge in [-0.1, -0.05) is 18.2 Å². The number of carboxylic acid groups (broad SMARTS) is 1. The number of fused-ring (bicyclic) bond motifs is 1. The van der Waals surface area contributed by atoms with Gasteiger partial charge >= 0.3 is 5.97 Å². The molecule has 1 aromatic carbocycles. The average molecular weight is 268 g/mol. The van der Waals surface area contributed by atoms with Crippen LogP contribution in [0.4, 0.5) is 0 Å². The summed E-state index contributed by atoms with van der Waals surface area (Å²) in [5.41, 5.74) is 2.06. The molecule has 0 atom stereocenters. The Balaban J connectivity index is 1.91. The summed E-state index contributed by atoms with van der Waals surface area (Å²) in [5, 5.41) is 9.16. The lowest BCUT2D eigenvalue weighted by Gasteiger charge is -2.15. The number of carbonyl (C=O) groups is 2. The fraction of sp³-hybridized carbons (Fsp3) is 0.133. The Morgan fingerprint density at radius 2 is 2.15 bits per heavy atom. The lowest BCUT2D eigenvalue weighted by atomic mass is 10.0. The average Bonchev–Trinajstić information content (AvgIpc) is 2.77. The Labute approximate surface area is 115 Å². The molecular formula is C15H12N2O3. The quantitative estimate of drug-likeness (QED) is 0.923. The van der Waals surface area contributed by atoms with Crippen molar-refractivity contribution >= 4 is 11.9 Å². The second-order valence-electron chi connectivity index (χ2n) is 4.67. The molecule has 0 saturated heterocycles. The number of benzene rings is 1. The van der Waals surface area contributed by atoms with Crippen molar-refractivity contribution in [1.82, 2.24) is 9.88 Å². The Morgan fingerprint density at radius 1 is 1.30 bits per heavy atom. The first-order valence-electron chi connectivity index (χ1n) is 6.20. The van der Waals surface area contributed by atoms with E-state index in [4.69, 9.17) is 5.11 Å². The fourth-order valence-electron chi connectivity index (χ4n) is 2.44. The lowest BCUT2D eigenvalue weighted by Crippen LogP contribution is -2.24. The molecule has 2 heterocycles. The molecule has 1 amide bonds. The molecule has 0 saturated carbocycles. The molecule has 3 rings (SSSR count). The molecule has 1 aliphatic heterocycles. The van der Waals surface area contributed by atoms with E-state index in [-0.39, 0.29) is 11.5 Å². The summed E-state index contributed by atoms with van der Waals surface area (Å²) in [6.07, 6.45) is 3.38. The molecule has 2 aromatic rings. The smallest absolute Gasteiger partial charge is 0.336 e. The van der Waals surface area contributed by atoms with Crippen LogP contribution in [0.15, 0.2) is 42.7 Å². The zero-order valence-corrected chi connectivity index (χ0v) is 10.6. The van der Waals surface area contributed by atoms with Crippen molar-refractivity contribution in [3.8, 4) is 0 Å². The highest BCUT2D eigenvalue weighted by Crippen LogP contribution is 2.27. The number of carbonyl (C=O) groups excluding carboxylic acids is 1.